The van der Waals surface area contributed by atoms with Gasteiger partial charge in [0.2, 0.25) is 0 Å². The molecule has 0 saturated carbocycles. The van der Waals surface area contributed by atoms with E-state index in [9.17, 15) is 4.79 Å². The summed E-state index contributed by atoms with van der Waals surface area (Å²) in [6.45, 7) is 0. The molecule has 1 heterocycles. The number of fused-ring (bicyclic) bond motifs is 1. The third-order valence-corrected chi connectivity index (χ3v) is 4.50. The normalized spacial score (nSPS) is 11.1. The number of rotatable bonds is 5. The van der Waals surface area contributed by atoms with Gasteiger partial charge in [-0.1, -0.05) is 60.7 Å². The molecule has 0 saturated heterocycles. The largest absolute Gasteiger partial charge is 0.350 e. The molecule has 0 fully saturated rings. The Morgan fingerprint density at radius 2 is 1.62 bits per heavy atom. The highest BCUT2D eigenvalue weighted by molar-refractivity contribution is 6.09. The summed E-state index contributed by atoms with van der Waals surface area (Å²) in [5, 5.41) is 22.9. The average molecular weight is 386 g/mol. The number of anilines is 1. The Hall–Kier alpha value is -3.94. The van der Waals surface area contributed by atoms with Crippen LogP contribution < -0.4 is 10.7 Å². The van der Waals surface area contributed by atoms with Crippen molar-refractivity contribution in [3.8, 4) is 11.1 Å². The van der Waals surface area contributed by atoms with Crippen LogP contribution in [0.1, 0.15) is 16.1 Å². The molecule has 4 N–H and O–H groups in total. The number of H-pyrrole nitrogens is 1. The van der Waals surface area contributed by atoms with Gasteiger partial charge < -0.3 is 4.98 Å². The summed E-state index contributed by atoms with van der Waals surface area (Å²) in [6.07, 6.45) is 1.48. The monoisotopic (exact) mass is 386 g/mol. The third kappa shape index (κ3) is 3.86. The van der Waals surface area contributed by atoms with Gasteiger partial charge in [-0.25, -0.2) is 5.43 Å². The first-order valence-corrected chi connectivity index (χ1v) is 8.91. The van der Waals surface area contributed by atoms with Crippen LogP contribution in [0.4, 0.5) is 5.69 Å². The Balaban J connectivity index is 1.60. The fourth-order valence-corrected chi connectivity index (χ4v) is 3.13. The van der Waals surface area contributed by atoms with E-state index >= 15 is 0 Å². The number of nitrogens with zero attached hydrogens (tertiary/aromatic N) is 2. The van der Waals surface area contributed by atoms with E-state index in [0.717, 1.165) is 22.0 Å². The standard InChI is InChI=1S/C22H18N4O3/c27-22(25-23-14-15-10-12-17(13-11-15)26(28)29)21-20(16-6-2-1-3-7-16)18-8-4-5-9-19(18)24-21/h1-14,24,28-29H,(H,25,27)/b23-14+. The molecule has 0 bridgehead atoms. The number of nitrogens with one attached hydrogen (secondary N) is 2. The summed E-state index contributed by atoms with van der Waals surface area (Å²) in [5.74, 6) is -0.357. The van der Waals surface area contributed by atoms with Crippen LogP contribution in [0.15, 0.2) is 84.0 Å². The second kappa shape index (κ2) is 7.97. The molecule has 1 amide bonds. The molecular formula is C22H18N4O3. The zero-order chi connectivity index (χ0) is 20.2. The molecule has 0 aliphatic heterocycles. The summed E-state index contributed by atoms with van der Waals surface area (Å²) in [7, 11) is 0. The predicted octanol–water partition coefficient (Wildman–Crippen LogP) is 4.18. The fraction of sp³-hybridized carbons (Fsp3) is 0. The lowest BCUT2D eigenvalue weighted by molar-refractivity contribution is 0.0291. The minimum absolute atomic E-state index is 0.0315. The van der Waals surface area contributed by atoms with Crippen LogP contribution >= 0.6 is 0 Å². The number of benzene rings is 3. The number of hydrazone groups is 1. The van der Waals surface area contributed by atoms with Crippen LogP contribution in [-0.2, 0) is 0 Å². The molecule has 7 nitrogen and oxygen atoms in total. The summed E-state index contributed by atoms with van der Waals surface area (Å²) in [4.78, 5) is 16.0. The van der Waals surface area contributed by atoms with E-state index in [1.54, 1.807) is 12.1 Å². The molecule has 144 valence electrons. The first-order chi connectivity index (χ1) is 14.1. The lowest BCUT2D eigenvalue weighted by atomic mass is 10.0. The van der Waals surface area contributed by atoms with E-state index in [1.165, 1.54) is 18.3 Å². The SMILES string of the molecule is O=C(N/N=C/c1ccc(N(O)O)cc1)c1[nH]c2ccccc2c1-c1ccccc1. The van der Waals surface area contributed by atoms with E-state index in [2.05, 4.69) is 15.5 Å². The first-order valence-electron chi connectivity index (χ1n) is 8.91. The zero-order valence-corrected chi connectivity index (χ0v) is 15.3. The minimum atomic E-state index is -0.357. The fourth-order valence-electron chi connectivity index (χ4n) is 3.13. The van der Waals surface area contributed by atoms with E-state index in [1.807, 2.05) is 54.6 Å². The maximum Gasteiger partial charge on any atom is 0.288 e. The number of aromatic amines is 1. The van der Waals surface area contributed by atoms with Crippen LogP contribution in [0.3, 0.4) is 0 Å². The van der Waals surface area contributed by atoms with Crippen molar-refractivity contribution >= 4 is 28.7 Å². The second-order valence-electron chi connectivity index (χ2n) is 6.37. The molecule has 7 heteroatoms. The number of hydrogen-bond donors (Lipinski definition) is 4. The molecule has 0 atom stereocenters. The van der Waals surface area contributed by atoms with Crippen LogP contribution in [0.2, 0.25) is 0 Å². The summed E-state index contributed by atoms with van der Waals surface area (Å²) in [5.41, 5.74) is 6.52. The van der Waals surface area contributed by atoms with E-state index in [0.29, 0.717) is 11.3 Å². The van der Waals surface area contributed by atoms with Gasteiger partial charge in [0, 0.05) is 16.5 Å². The van der Waals surface area contributed by atoms with Crippen molar-refractivity contribution in [2.75, 3.05) is 5.23 Å². The van der Waals surface area contributed by atoms with Gasteiger partial charge >= 0.3 is 0 Å². The Labute approximate surface area is 166 Å². The van der Waals surface area contributed by atoms with Crippen LogP contribution in [0, 0.1) is 0 Å². The van der Waals surface area contributed by atoms with Crippen molar-refractivity contribution < 1.29 is 15.2 Å². The predicted molar refractivity (Wildman–Crippen MR) is 111 cm³/mol. The maximum atomic E-state index is 12.8. The Morgan fingerprint density at radius 1 is 0.931 bits per heavy atom. The summed E-state index contributed by atoms with van der Waals surface area (Å²) >= 11 is 0. The van der Waals surface area contributed by atoms with Gasteiger partial charge in [-0.15, -0.1) is 5.23 Å². The summed E-state index contributed by atoms with van der Waals surface area (Å²) in [6, 6.07) is 23.8. The Kier molecular flexibility index (Phi) is 5.07. The van der Waals surface area contributed by atoms with Gasteiger partial charge in [-0.2, -0.15) is 5.10 Å². The summed E-state index contributed by atoms with van der Waals surface area (Å²) < 4.78 is 0. The lowest BCUT2D eigenvalue weighted by Crippen LogP contribution is -2.18. The highest BCUT2D eigenvalue weighted by Crippen LogP contribution is 2.32. The van der Waals surface area contributed by atoms with Gasteiger partial charge in [-0.05, 0) is 29.3 Å². The second-order valence-corrected chi connectivity index (χ2v) is 6.37. The first kappa shape index (κ1) is 18.4. The van der Waals surface area contributed by atoms with Gasteiger partial charge in [0.15, 0.2) is 0 Å². The number of hydrogen-bond acceptors (Lipinski definition) is 5. The van der Waals surface area contributed by atoms with Crippen LogP contribution in [-0.4, -0.2) is 27.5 Å². The number of carbonyl (C=O) groups is 1. The van der Waals surface area contributed by atoms with Gasteiger partial charge in [-0.3, -0.25) is 15.2 Å². The molecule has 29 heavy (non-hydrogen) atoms. The number of carbonyl (C=O) groups excluding carboxylic acids is 1. The smallest absolute Gasteiger partial charge is 0.288 e. The maximum absolute atomic E-state index is 12.8. The number of para-hydroxylation sites is 1. The van der Waals surface area contributed by atoms with Gasteiger partial charge in [0.25, 0.3) is 5.91 Å². The van der Waals surface area contributed by atoms with E-state index in [-0.39, 0.29) is 16.8 Å². The quantitative estimate of drug-likeness (QED) is 0.305. The van der Waals surface area contributed by atoms with E-state index in [4.69, 9.17) is 10.4 Å². The third-order valence-electron chi connectivity index (χ3n) is 4.50. The highest BCUT2D eigenvalue weighted by Gasteiger charge is 2.18. The number of amides is 1. The molecule has 4 aromatic rings. The van der Waals surface area contributed by atoms with Crippen molar-refractivity contribution in [2.45, 2.75) is 0 Å². The molecule has 0 spiro atoms. The topological polar surface area (TPSA) is 101 Å². The van der Waals surface area contributed by atoms with Crippen molar-refractivity contribution in [3.05, 3.63) is 90.1 Å². The molecule has 0 radical (unpaired) electrons. The van der Waals surface area contributed by atoms with Crippen LogP contribution in [0.5, 0.6) is 0 Å². The Bertz CT molecular complexity index is 1170. The van der Waals surface area contributed by atoms with Crippen molar-refractivity contribution in [1.29, 1.82) is 0 Å². The van der Waals surface area contributed by atoms with Gasteiger partial charge in [0.1, 0.15) is 5.69 Å². The van der Waals surface area contributed by atoms with E-state index < -0.39 is 0 Å². The molecule has 1 aromatic heterocycles. The zero-order valence-electron chi connectivity index (χ0n) is 15.3. The minimum Gasteiger partial charge on any atom is -0.350 e. The molecular weight excluding hydrogens is 368 g/mol. The van der Waals surface area contributed by atoms with Crippen molar-refractivity contribution in [3.63, 3.8) is 0 Å². The molecule has 4 rings (SSSR count). The van der Waals surface area contributed by atoms with Gasteiger partial charge in [0.05, 0.1) is 11.9 Å². The van der Waals surface area contributed by atoms with Crippen molar-refractivity contribution in [2.24, 2.45) is 5.10 Å². The molecule has 3 aromatic carbocycles. The van der Waals surface area contributed by atoms with Crippen LogP contribution in [0.25, 0.3) is 22.0 Å². The number of aromatic nitrogens is 1. The highest BCUT2D eigenvalue weighted by atomic mass is 16.8. The lowest BCUT2D eigenvalue weighted by Gasteiger charge is -2.07. The average Bonchev–Trinajstić information content (AvgIpc) is 3.14. The molecule has 0 unspecified atom stereocenters. The molecule has 0 aliphatic carbocycles. The Morgan fingerprint density at radius 3 is 2.34 bits per heavy atom. The van der Waals surface area contributed by atoms with Crippen molar-refractivity contribution in [1.82, 2.24) is 10.4 Å². The molecule has 0 aliphatic rings.